The maximum absolute atomic E-state index is 5.24. The highest BCUT2D eigenvalue weighted by Gasteiger charge is 2.09. The predicted molar refractivity (Wildman–Crippen MR) is 51.3 cm³/mol. The molecule has 0 aromatic carbocycles. The maximum Gasteiger partial charge on any atom is 0.143 e. The molecule has 0 radical (unpaired) electrons. The molecular weight excluding hydrogens is 180 g/mol. The zero-order valence-corrected chi connectivity index (χ0v) is 8.02. The Morgan fingerprint density at radius 3 is 2.71 bits per heavy atom. The molecule has 2 heterocycles. The molecule has 1 aromatic rings. The quantitative estimate of drug-likeness (QED) is 0.723. The van der Waals surface area contributed by atoms with Crippen LogP contribution in [0.3, 0.4) is 0 Å². The van der Waals surface area contributed by atoms with Crippen LogP contribution in [0.1, 0.15) is 5.82 Å². The molecule has 0 bridgehead atoms. The second-order valence-corrected chi connectivity index (χ2v) is 3.10. The highest BCUT2D eigenvalue weighted by Crippen LogP contribution is 1.94. The topological polar surface area (TPSA) is 50.3 Å². The van der Waals surface area contributed by atoms with Gasteiger partial charge in [0, 0.05) is 25.5 Å². The van der Waals surface area contributed by atoms with Crippen LogP contribution in [-0.4, -0.2) is 41.3 Å². The molecular formula is C9H14N4O. The summed E-state index contributed by atoms with van der Waals surface area (Å²) in [5.41, 5.74) is 3.27. The fourth-order valence-electron chi connectivity index (χ4n) is 1.33. The normalized spacial score (nSPS) is 18.3. The van der Waals surface area contributed by atoms with E-state index in [1.54, 1.807) is 12.4 Å². The minimum absolute atomic E-state index is 0.681. The van der Waals surface area contributed by atoms with Gasteiger partial charge in [-0.25, -0.2) is 20.4 Å². The SMILES string of the molecule is c1cnc(CNN2CCOCC2)nc1. The molecule has 5 heteroatoms. The van der Waals surface area contributed by atoms with E-state index in [2.05, 4.69) is 20.4 Å². The summed E-state index contributed by atoms with van der Waals surface area (Å²) >= 11 is 0. The summed E-state index contributed by atoms with van der Waals surface area (Å²) in [7, 11) is 0. The lowest BCUT2D eigenvalue weighted by Crippen LogP contribution is -2.45. The summed E-state index contributed by atoms with van der Waals surface area (Å²) in [6, 6.07) is 1.82. The molecule has 1 aromatic heterocycles. The highest BCUT2D eigenvalue weighted by atomic mass is 16.5. The lowest BCUT2D eigenvalue weighted by molar-refractivity contribution is 0.0101. The average molecular weight is 194 g/mol. The molecule has 76 valence electrons. The van der Waals surface area contributed by atoms with Crippen molar-refractivity contribution in [3.63, 3.8) is 0 Å². The minimum Gasteiger partial charge on any atom is -0.379 e. The summed E-state index contributed by atoms with van der Waals surface area (Å²) in [6.07, 6.45) is 3.51. The van der Waals surface area contributed by atoms with Crippen molar-refractivity contribution in [2.75, 3.05) is 26.3 Å². The van der Waals surface area contributed by atoms with Gasteiger partial charge in [0.15, 0.2) is 0 Å². The summed E-state index contributed by atoms with van der Waals surface area (Å²) in [6.45, 7) is 4.12. The first-order chi connectivity index (χ1) is 6.95. The van der Waals surface area contributed by atoms with E-state index >= 15 is 0 Å². The molecule has 0 unspecified atom stereocenters. The Morgan fingerprint density at radius 2 is 2.00 bits per heavy atom. The lowest BCUT2D eigenvalue weighted by Gasteiger charge is -2.26. The van der Waals surface area contributed by atoms with Crippen LogP contribution in [0.15, 0.2) is 18.5 Å². The van der Waals surface area contributed by atoms with E-state index in [0.717, 1.165) is 32.1 Å². The van der Waals surface area contributed by atoms with Crippen LogP contribution in [0, 0.1) is 0 Å². The van der Waals surface area contributed by atoms with Gasteiger partial charge < -0.3 is 4.74 Å². The molecule has 14 heavy (non-hydrogen) atoms. The van der Waals surface area contributed by atoms with Crippen LogP contribution >= 0.6 is 0 Å². The van der Waals surface area contributed by atoms with Crippen LogP contribution in [-0.2, 0) is 11.3 Å². The van der Waals surface area contributed by atoms with Crippen LogP contribution in [0.5, 0.6) is 0 Å². The van der Waals surface area contributed by atoms with Gasteiger partial charge in [-0.05, 0) is 6.07 Å². The van der Waals surface area contributed by atoms with Gasteiger partial charge in [-0.3, -0.25) is 0 Å². The van der Waals surface area contributed by atoms with Crippen molar-refractivity contribution in [2.24, 2.45) is 0 Å². The molecule has 1 fully saturated rings. The van der Waals surface area contributed by atoms with Crippen molar-refractivity contribution in [3.8, 4) is 0 Å². The molecule has 0 atom stereocenters. The van der Waals surface area contributed by atoms with E-state index in [1.165, 1.54) is 0 Å². The van der Waals surface area contributed by atoms with Gasteiger partial charge in [-0.2, -0.15) is 0 Å². The van der Waals surface area contributed by atoms with E-state index in [1.807, 2.05) is 6.07 Å². The first-order valence-corrected chi connectivity index (χ1v) is 4.77. The molecule has 2 rings (SSSR count). The Labute approximate surface area is 83.1 Å². The minimum atomic E-state index is 0.681. The molecule has 0 spiro atoms. The zero-order valence-electron chi connectivity index (χ0n) is 8.02. The Morgan fingerprint density at radius 1 is 1.29 bits per heavy atom. The van der Waals surface area contributed by atoms with Crippen molar-refractivity contribution in [2.45, 2.75) is 6.54 Å². The number of ether oxygens (including phenoxy) is 1. The van der Waals surface area contributed by atoms with Crippen LogP contribution in [0.4, 0.5) is 0 Å². The number of hydrogen-bond donors (Lipinski definition) is 1. The Kier molecular flexibility index (Phi) is 3.39. The van der Waals surface area contributed by atoms with Crippen molar-refractivity contribution >= 4 is 0 Å². The Bertz CT molecular complexity index is 261. The van der Waals surface area contributed by atoms with Gasteiger partial charge in [-0.1, -0.05) is 0 Å². The number of morpholine rings is 1. The number of hydrazine groups is 1. The third kappa shape index (κ3) is 2.73. The van der Waals surface area contributed by atoms with Gasteiger partial charge in [-0.15, -0.1) is 0 Å². The van der Waals surface area contributed by atoms with Crippen molar-refractivity contribution in [1.82, 2.24) is 20.4 Å². The molecule has 5 nitrogen and oxygen atoms in total. The number of nitrogens with zero attached hydrogens (tertiary/aromatic N) is 3. The lowest BCUT2D eigenvalue weighted by atomic mass is 10.5. The summed E-state index contributed by atoms with van der Waals surface area (Å²) < 4.78 is 5.24. The summed E-state index contributed by atoms with van der Waals surface area (Å²) in [5.74, 6) is 0.819. The molecule has 1 aliphatic heterocycles. The molecule has 1 N–H and O–H groups in total. The first kappa shape index (κ1) is 9.51. The molecule has 1 aliphatic rings. The average Bonchev–Trinajstić information content (AvgIpc) is 2.29. The third-order valence-corrected chi connectivity index (χ3v) is 2.09. The second-order valence-electron chi connectivity index (χ2n) is 3.10. The molecule has 0 amide bonds. The highest BCUT2D eigenvalue weighted by molar-refractivity contribution is 4.87. The van der Waals surface area contributed by atoms with Gasteiger partial charge in [0.1, 0.15) is 5.82 Å². The largest absolute Gasteiger partial charge is 0.379 e. The van der Waals surface area contributed by atoms with Crippen LogP contribution in [0.2, 0.25) is 0 Å². The molecule has 1 saturated heterocycles. The number of rotatable bonds is 3. The van der Waals surface area contributed by atoms with E-state index in [-0.39, 0.29) is 0 Å². The standard InChI is InChI=1S/C9H14N4O/c1-2-10-9(11-3-1)8-12-13-4-6-14-7-5-13/h1-3,12H,4-8H2. The van der Waals surface area contributed by atoms with E-state index in [9.17, 15) is 0 Å². The first-order valence-electron chi connectivity index (χ1n) is 4.77. The fraction of sp³-hybridized carbons (Fsp3) is 0.556. The monoisotopic (exact) mass is 194 g/mol. The van der Waals surface area contributed by atoms with E-state index in [4.69, 9.17) is 4.74 Å². The van der Waals surface area contributed by atoms with Crippen molar-refractivity contribution in [3.05, 3.63) is 24.3 Å². The number of nitrogens with one attached hydrogen (secondary N) is 1. The Balaban J connectivity index is 1.76. The van der Waals surface area contributed by atoms with E-state index in [0.29, 0.717) is 6.54 Å². The molecule has 0 aliphatic carbocycles. The van der Waals surface area contributed by atoms with Gasteiger partial charge in [0.2, 0.25) is 0 Å². The summed E-state index contributed by atoms with van der Waals surface area (Å²) in [4.78, 5) is 8.26. The fourth-order valence-corrected chi connectivity index (χ4v) is 1.33. The van der Waals surface area contributed by atoms with Crippen molar-refractivity contribution in [1.29, 1.82) is 0 Å². The van der Waals surface area contributed by atoms with E-state index < -0.39 is 0 Å². The van der Waals surface area contributed by atoms with Gasteiger partial charge in [0.25, 0.3) is 0 Å². The maximum atomic E-state index is 5.24. The van der Waals surface area contributed by atoms with Gasteiger partial charge >= 0.3 is 0 Å². The van der Waals surface area contributed by atoms with Crippen LogP contribution < -0.4 is 5.43 Å². The zero-order chi connectivity index (χ0) is 9.64. The third-order valence-electron chi connectivity index (χ3n) is 2.09. The second kappa shape index (κ2) is 4.99. The smallest absolute Gasteiger partial charge is 0.143 e. The van der Waals surface area contributed by atoms with Gasteiger partial charge in [0.05, 0.1) is 19.8 Å². The number of hydrogen-bond acceptors (Lipinski definition) is 5. The van der Waals surface area contributed by atoms with Crippen molar-refractivity contribution < 1.29 is 4.74 Å². The van der Waals surface area contributed by atoms with Crippen LogP contribution in [0.25, 0.3) is 0 Å². The summed E-state index contributed by atoms with van der Waals surface area (Å²) in [5, 5.41) is 2.14. The predicted octanol–water partition coefficient (Wildman–Crippen LogP) is -0.187. The number of aromatic nitrogens is 2. The Hall–Kier alpha value is -1.04. The molecule has 0 saturated carbocycles.